The first-order chi connectivity index (χ1) is 8.99. The Morgan fingerprint density at radius 1 is 1.42 bits per heavy atom. The molecule has 1 N–H and O–H groups in total. The molecule has 0 fully saturated rings. The third-order valence-corrected chi connectivity index (χ3v) is 3.30. The lowest BCUT2D eigenvalue weighted by molar-refractivity contribution is 0.0656. The van der Waals surface area contributed by atoms with E-state index >= 15 is 0 Å². The number of aromatic carboxylic acids is 1. The molecule has 5 nitrogen and oxygen atoms in total. The Kier molecular flexibility index (Phi) is 3.76. The van der Waals surface area contributed by atoms with Crippen molar-refractivity contribution >= 4 is 5.97 Å². The number of hydrogen-bond acceptors (Lipinski definition) is 4. The fourth-order valence-electron chi connectivity index (χ4n) is 1.89. The van der Waals surface area contributed by atoms with Crippen molar-refractivity contribution in [2.75, 3.05) is 7.05 Å². The van der Waals surface area contributed by atoms with Crippen LogP contribution in [0.2, 0.25) is 0 Å². The van der Waals surface area contributed by atoms with Gasteiger partial charge in [-0.3, -0.25) is 4.90 Å². The number of nitrogens with zero attached hydrogens (tertiary/aromatic N) is 1. The quantitative estimate of drug-likeness (QED) is 0.897. The largest absolute Gasteiger partial charge is 0.475 e. The molecule has 0 bridgehead atoms. The van der Waals surface area contributed by atoms with E-state index in [-0.39, 0.29) is 11.8 Å². The highest BCUT2D eigenvalue weighted by Crippen LogP contribution is 2.23. The van der Waals surface area contributed by atoms with Gasteiger partial charge in [0.05, 0.1) is 12.3 Å². The van der Waals surface area contributed by atoms with E-state index in [9.17, 15) is 4.79 Å². The van der Waals surface area contributed by atoms with Crippen LogP contribution in [0.1, 0.15) is 40.6 Å². The van der Waals surface area contributed by atoms with E-state index < -0.39 is 5.97 Å². The minimum absolute atomic E-state index is 0.0117. The standard InChI is InChI=1S/C14H17NO4/c1-9(12-4-5-13(19-12)14(16)17)15(3)8-11-6-7-18-10(11)2/h4-7,9H,8H2,1-3H3,(H,16,17). The van der Waals surface area contributed by atoms with Crippen molar-refractivity contribution in [3.05, 3.63) is 47.3 Å². The molecule has 0 radical (unpaired) electrons. The van der Waals surface area contributed by atoms with Crippen LogP contribution in [-0.4, -0.2) is 23.0 Å². The van der Waals surface area contributed by atoms with Crippen molar-refractivity contribution in [1.29, 1.82) is 0 Å². The minimum atomic E-state index is -1.05. The molecular weight excluding hydrogens is 246 g/mol. The summed E-state index contributed by atoms with van der Waals surface area (Å²) in [6.45, 7) is 4.61. The molecule has 2 aromatic rings. The average Bonchev–Trinajstić information content (AvgIpc) is 2.98. The van der Waals surface area contributed by atoms with E-state index in [0.717, 1.165) is 11.3 Å². The summed E-state index contributed by atoms with van der Waals surface area (Å²) in [6, 6.07) is 5.10. The molecule has 0 saturated carbocycles. The maximum atomic E-state index is 10.8. The fraction of sp³-hybridized carbons (Fsp3) is 0.357. The molecule has 5 heteroatoms. The summed E-state index contributed by atoms with van der Waals surface area (Å²) in [6.07, 6.45) is 1.67. The molecule has 0 spiro atoms. The molecule has 0 aliphatic carbocycles. The first-order valence-electron chi connectivity index (χ1n) is 6.05. The van der Waals surface area contributed by atoms with Crippen LogP contribution < -0.4 is 0 Å². The van der Waals surface area contributed by atoms with Gasteiger partial charge in [-0.15, -0.1) is 0 Å². The highest BCUT2D eigenvalue weighted by molar-refractivity contribution is 5.84. The van der Waals surface area contributed by atoms with E-state index in [1.807, 2.05) is 27.0 Å². The van der Waals surface area contributed by atoms with E-state index in [2.05, 4.69) is 4.90 Å². The number of hydrogen-bond donors (Lipinski definition) is 1. The Hall–Kier alpha value is -2.01. The van der Waals surface area contributed by atoms with Crippen LogP contribution in [0, 0.1) is 6.92 Å². The maximum Gasteiger partial charge on any atom is 0.371 e. The second-order valence-electron chi connectivity index (χ2n) is 4.60. The molecule has 0 saturated heterocycles. The second-order valence-corrected chi connectivity index (χ2v) is 4.60. The van der Waals surface area contributed by atoms with Gasteiger partial charge in [-0.05, 0) is 39.1 Å². The zero-order valence-electron chi connectivity index (χ0n) is 11.2. The molecule has 0 amide bonds. The predicted molar refractivity (Wildman–Crippen MR) is 69.0 cm³/mol. The topological polar surface area (TPSA) is 66.8 Å². The highest BCUT2D eigenvalue weighted by Gasteiger charge is 2.18. The van der Waals surface area contributed by atoms with E-state index in [4.69, 9.17) is 13.9 Å². The molecule has 0 aromatic carbocycles. The number of carboxylic acids is 1. The minimum Gasteiger partial charge on any atom is -0.475 e. The maximum absolute atomic E-state index is 10.8. The molecule has 102 valence electrons. The number of carboxylic acid groups (broad SMARTS) is 1. The van der Waals surface area contributed by atoms with Gasteiger partial charge in [-0.2, -0.15) is 0 Å². The lowest BCUT2D eigenvalue weighted by Gasteiger charge is -2.22. The zero-order chi connectivity index (χ0) is 14.0. The SMILES string of the molecule is Cc1occc1CN(C)C(C)c1ccc(C(=O)O)o1. The Morgan fingerprint density at radius 2 is 2.16 bits per heavy atom. The summed E-state index contributed by atoms with van der Waals surface area (Å²) in [5.41, 5.74) is 1.11. The first-order valence-corrected chi connectivity index (χ1v) is 6.05. The number of aryl methyl sites for hydroxylation is 1. The smallest absolute Gasteiger partial charge is 0.371 e. The van der Waals surface area contributed by atoms with Gasteiger partial charge in [-0.1, -0.05) is 0 Å². The summed E-state index contributed by atoms with van der Waals surface area (Å²) >= 11 is 0. The number of furan rings is 2. The van der Waals surface area contributed by atoms with E-state index in [0.29, 0.717) is 12.3 Å². The molecule has 1 unspecified atom stereocenters. The van der Waals surface area contributed by atoms with Crippen LogP contribution in [0.3, 0.4) is 0 Å². The monoisotopic (exact) mass is 263 g/mol. The molecule has 2 heterocycles. The molecule has 1 atom stereocenters. The molecule has 19 heavy (non-hydrogen) atoms. The van der Waals surface area contributed by atoms with Crippen molar-refractivity contribution in [3.63, 3.8) is 0 Å². The van der Waals surface area contributed by atoms with Crippen LogP contribution in [0.25, 0.3) is 0 Å². The van der Waals surface area contributed by atoms with Crippen LogP contribution in [0.4, 0.5) is 0 Å². The van der Waals surface area contributed by atoms with Crippen LogP contribution in [0.15, 0.2) is 33.3 Å². The second kappa shape index (κ2) is 5.32. The summed E-state index contributed by atoms with van der Waals surface area (Å²) in [5, 5.41) is 8.84. The van der Waals surface area contributed by atoms with Gasteiger partial charge >= 0.3 is 5.97 Å². The van der Waals surface area contributed by atoms with Gasteiger partial charge in [0.15, 0.2) is 0 Å². The lowest BCUT2D eigenvalue weighted by atomic mass is 10.2. The molecule has 2 aromatic heterocycles. The summed E-state index contributed by atoms with van der Waals surface area (Å²) in [5.74, 6) is 0.451. The molecule has 0 aliphatic rings. The van der Waals surface area contributed by atoms with Crippen LogP contribution in [-0.2, 0) is 6.54 Å². The van der Waals surface area contributed by atoms with Crippen molar-refractivity contribution < 1.29 is 18.7 Å². The van der Waals surface area contributed by atoms with Gasteiger partial charge in [0, 0.05) is 12.1 Å². The van der Waals surface area contributed by atoms with Crippen molar-refractivity contribution in [2.45, 2.75) is 26.4 Å². The molecule has 2 rings (SSSR count). The van der Waals surface area contributed by atoms with Gasteiger partial charge < -0.3 is 13.9 Å². The van der Waals surface area contributed by atoms with Crippen molar-refractivity contribution in [3.8, 4) is 0 Å². The Balaban J connectivity index is 2.07. The van der Waals surface area contributed by atoms with Gasteiger partial charge in [0.25, 0.3) is 0 Å². The van der Waals surface area contributed by atoms with Crippen molar-refractivity contribution in [2.24, 2.45) is 0 Å². The van der Waals surface area contributed by atoms with Crippen molar-refractivity contribution in [1.82, 2.24) is 4.90 Å². The number of rotatable bonds is 5. The highest BCUT2D eigenvalue weighted by atomic mass is 16.4. The Morgan fingerprint density at radius 3 is 2.68 bits per heavy atom. The Labute approximate surface area is 111 Å². The zero-order valence-corrected chi connectivity index (χ0v) is 11.2. The lowest BCUT2D eigenvalue weighted by Crippen LogP contribution is -2.21. The summed E-state index contributed by atoms with van der Waals surface area (Å²) in [7, 11) is 1.96. The average molecular weight is 263 g/mol. The fourth-order valence-corrected chi connectivity index (χ4v) is 1.89. The van der Waals surface area contributed by atoms with Gasteiger partial charge in [0.1, 0.15) is 11.5 Å². The molecule has 0 aliphatic heterocycles. The van der Waals surface area contributed by atoms with Crippen LogP contribution in [0.5, 0.6) is 0 Å². The number of carbonyl (C=O) groups is 1. The van der Waals surface area contributed by atoms with E-state index in [1.54, 1.807) is 12.3 Å². The van der Waals surface area contributed by atoms with Crippen LogP contribution >= 0.6 is 0 Å². The van der Waals surface area contributed by atoms with E-state index in [1.165, 1.54) is 6.07 Å². The van der Waals surface area contributed by atoms with Gasteiger partial charge in [0.2, 0.25) is 5.76 Å². The predicted octanol–water partition coefficient (Wildman–Crippen LogP) is 3.07. The Bertz CT molecular complexity index is 570. The third kappa shape index (κ3) is 2.88. The third-order valence-electron chi connectivity index (χ3n) is 3.30. The normalized spacial score (nSPS) is 12.8. The van der Waals surface area contributed by atoms with Gasteiger partial charge in [-0.25, -0.2) is 4.79 Å². The molecular formula is C14H17NO4. The summed E-state index contributed by atoms with van der Waals surface area (Å²) < 4.78 is 10.6. The first kappa shape index (κ1) is 13.4. The summed E-state index contributed by atoms with van der Waals surface area (Å²) in [4.78, 5) is 12.9.